The van der Waals surface area contributed by atoms with Crippen molar-refractivity contribution in [2.24, 2.45) is 11.7 Å². The van der Waals surface area contributed by atoms with E-state index in [0.717, 1.165) is 12.8 Å². The van der Waals surface area contributed by atoms with Gasteiger partial charge in [-0.2, -0.15) is 0 Å². The van der Waals surface area contributed by atoms with E-state index in [4.69, 9.17) is 9.53 Å². The third-order valence-corrected chi connectivity index (χ3v) is 2.64. The lowest BCUT2D eigenvalue weighted by Gasteiger charge is -2.26. The molecule has 2 amide bonds. The van der Waals surface area contributed by atoms with Crippen LogP contribution in [0.4, 0.5) is 4.79 Å². The Morgan fingerprint density at radius 2 is 1.85 bits per heavy atom. The van der Waals surface area contributed by atoms with Crippen molar-refractivity contribution in [2.45, 2.75) is 72.1 Å². The zero-order chi connectivity index (χ0) is 16.3. The van der Waals surface area contributed by atoms with Crippen LogP contribution in [0.25, 0.3) is 0 Å². The molecule has 6 heteroatoms. The first-order valence-electron chi connectivity index (χ1n) is 6.90. The molecule has 0 fully saturated rings. The summed E-state index contributed by atoms with van der Waals surface area (Å²) in [4.78, 5) is 20.2. The van der Waals surface area contributed by atoms with Crippen LogP contribution in [0, 0.1) is 5.92 Å². The van der Waals surface area contributed by atoms with Gasteiger partial charge in [-0.05, 0) is 40.0 Å². The molecule has 120 valence electrons. The fourth-order valence-electron chi connectivity index (χ4n) is 1.44. The maximum Gasteiger partial charge on any atom is 0.407 e. The molecule has 0 aromatic carbocycles. The van der Waals surface area contributed by atoms with Gasteiger partial charge in [-0.1, -0.05) is 20.3 Å². The highest BCUT2D eigenvalue weighted by molar-refractivity contribution is 5.68. The van der Waals surface area contributed by atoms with Gasteiger partial charge in [0.25, 0.3) is 0 Å². The number of primary amides is 1. The van der Waals surface area contributed by atoms with E-state index in [9.17, 15) is 9.90 Å². The Morgan fingerprint density at radius 1 is 1.40 bits per heavy atom. The molecule has 3 unspecified atom stereocenters. The van der Waals surface area contributed by atoms with Crippen LogP contribution in [0.2, 0.25) is 0 Å². The quantitative estimate of drug-likeness (QED) is 0.672. The Morgan fingerprint density at radius 3 is 2.15 bits per heavy atom. The molecule has 0 bridgehead atoms. The van der Waals surface area contributed by atoms with Gasteiger partial charge < -0.3 is 20.9 Å². The number of carbonyl (C=O) groups is 2. The Hall–Kier alpha value is -1.30. The third kappa shape index (κ3) is 13.1. The van der Waals surface area contributed by atoms with E-state index in [1.165, 1.54) is 0 Å². The molecular weight excluding hydrogens is 260 g/mol. The lowest BCUT2D eigenvalue weighted by molar-refractivity contribution is -0.106. The number of hydrogen-bond acceptors (Lipinski definition) is 4. The predicted molar refractivity (Wildman–Crippen MR) is 79.2 cm³/mol. The highest BCUT2D eigenvalue weighted by Crippen LogP contribution is 2.13. The monoisotopic (exact) mass is 290 g/mol. The number of aliphatic hydroxyl groups is 1. The maximum absolute atomic E-state index is 11.6. The van der Waals surface area contributed by atoms with Crippen molar-refractivity contribution < 1.29 is 19.4 Å². The lowest BCUT2D eigenvalue weighted by Crippen LogP contribution is -2.45. The highest BCUT2D eigenvalue weighted by atomic mass is 16.6. The van der Waals surface area contributed by atoms with Crippen molar-refractivity contribution in [1.82, 2.24) is 5.32 Å². The summed E-state index contributed by atoms with van der Waals surface area (Å²) in [6.45, 7) is 11.3. The second-order valence-electron chi connectivity index (χ2n) is 5.88. The first-order chi connectivity index (χ1) is 9.07. The van der Waals surface area contributed by atoms with Gasteiger partial charge in [0.15, 0.2) is 0 Å². The number of nitrogens with two attached hydrogens (primary N) is 1. The number of aliphatic hydroxyl groups excluding tert-OH is 1. The Balaban J connectivity index is 0. The molecule has 0 rings (SSSR count). The van der Waals surface area contributed by atoms with Crippen LogP contribution in [0.1, 0.15) is 54.4 Å². The number of rotatable bonds is 5. The minimum atomic E-state index is -0.573. The SMILES string of the molecule is CCC(C)CC(NC(=O)OC(C)(C)C)C(C)O.NC=O. The van der Waals surface area contributed by atoms with E-state index in [1.807, 2.05) is 20.8 Å². The number of nitrogens with one attached hydrogen (secondary N) is 1. The summed E-state index contributed by atoms with van der Waals surface area (Å²) in [6, 6.07) is -0.250. The van der Waals surface area contributed by atoms with Crippen LogP contribution in [-0.4, -0.2) is 35.4 Å². The Kier molecular flexibility index (Phi) is 11.0. The molecule has 0 aliphatic carbocycles. The molecule has 0 aromatic rings. The van der Waals surface area contributed by atoms with E-state index >= 15 is 0 Å². The average molecular weight is 290 g/mol. The Bertz CT molecular complexity index is 275. The topological polar surface area (TPSA) is 102 Å². The van der Waals surface area contributed by atoms with Crippen LogP contribution < -0.4 is 11.1 Å². The molecule has 0 aromatic heterocycles. The summed E-state index contributed by atoms with van der Waals surface area (Å²) in [7, 11) is 0. The van der Waals surface area contributed by atoms with E-state index in [-0.39, 0.29) is 12.5 Å². The third-order valence-electron chi connectivity index (χ3n) is 2.64. The number of ether oxygens (including phenoxy) is 1. The minimum absolute atomic E-state index is 0.250. The van der Waals surface area contributed by atoms with Crippen LogP contribution in [0.15, 0.2) is 0 Å². The molecule has 6 nitrogen and oxygen atoms in total. The zero-order valence-electron chi connectivity index (χ0n) is 13.5. The zero-order valence-corrected chi connectivity index (χ0v) is 13.5. The summed E-state index contributed by atoms with van der Waals surface area (Å²) in [5.74, 6) is 0.463. The summed E-state index contributed by atoms with van der Waals surface area (Å²) < 4.78 is 5.17. The minimum Gasteiger partial charge on any atom is -0.444 e. The van der Waals surface area contributed by atoms with E-state index < -0.39 is 17.8 Å². The van der Waals surface area contributed by atoms with Gasteiger partial charge in [-0.15, -0.1) is 0 Å². The van der Waals surface area contributed by atoms with Crippen molar-refractivity contribution in [1.29, 1.82) is 0 Å². The van der Waals surface area contributed by atoms with Gasteiger partial charge in [-0.3, -0.25) is 4.79 Å². The number of hydrogen-bond donors (Lipinski definition) is 3. The van der Waals surface area contributed by atoms with Crippen LogP contribution >= 0.6 is 0 Å². The van der Waals surface area contributed by atoms with Gasteiger partial charge >= 0.3 is 6.09 Å². The fraction of sp³-hybridized carbons (Fsp3) is 0.857. The van der Waals surface area contributed by atoms with E-state index in [1.54, 1.807) is 6.92 Å². The van der Waals surface area contributed by atoms with E-state index in [2.05, 4.69) is 24.9 Å². The summed E-state index contributed by atoms with van der Waals surface area (Å²) in [6.07, 6.45) is 0.996. The fourth-order valence-corrected chi connectivity index (χ4v) is 1.44. The van der Waals surface area contributed by atoms with Crippen molar-refractivity contribution in [3.8, 4) is 0 Å². The Labute approximate surface area is 122 Å². The molecule has 0 aliphatic rings. The molecular formula is C14H30N2O4. The van der Waals surface area contributed by atoms with Gasteiger partial charge in [0.1, 0.15) is 5.60 Å². The average Bonchev–Trinajstić information content (AvgIpc) is 2.26. The predicted octanol–water partition coefficient (Wildman–Crippen LogP) is 1.80. The van der Waals surface area contributed by atoms with Crippen molar-refractivity contribution in [2.75, 3.05) is 0 Å². The lowest BCUT2D eigenvalue weighted by atomic mass is 9.96. The number of carbonyl (C=O) groups excluding carboxylic acids is 2. The second kappa shape index (κ2) is 10.5. The normalized spacial score (nSPS) is 15.2. The second-order valence-corrected chi connectivity index (χ2v) is 5.88. The van der Waals surface area contributed by atoms with Gasteiger partial charge in [0, 0.05) is 0 Å². The van der Waals surface area contributed by atoms with Crippen molar-refractivity contribution in [3.05, 3.63) is 0 Å². The highest BCUT2D eigenvalue weighted by Gasteiger charge is 2.23. The van der Waals surface area contributed by atoms with Crippen LogP contribution in [0.3, 0.4) is 0 Å². The van der Waals surface area contributed by atoms with Gasteiger partial charge in [0.2, 0.25) is 6.41 Å². The van der Waals surface area contributed by atoms with Crippen LogP contribution in [-0.2, 0) is 9.53 Å². The van der Waals surface area contributed by atoms with Crippen molar-refractivity contribution >= 4 is 12.5 Å². The molecule has 0 aliphatic heterocycles. The first kappa shape index (κ1) is 21.0. The molecule has 3 atom stereocenters. The van der Waals surface area contributed by atoms with E-state index in [0.29, 0.717) is 5.92 Å². The van der Waals surface area contributed by atoms with Crippen molar-refractivity contribution in [3.63, 3.8) is 0 Å². The first-order valence-corrected chi connectivity index (χ1v) is 6.90. The smallest absolute Gasteiger partial charge is 0.407 e. The standard InChI is InChI=1S/C13H27NO3.CH3NO/c1-7-9(2)8-11(10(3)15)14-12(16)17-13(4,5)6;2-1-3/h9-11,15H,7-8H2,1-6H3,(H,14,16);1H,(H2,2,3). The van der Waals surface area contributed by atoms with Crippen LogP contribution in [0.5, 0.6) is 0 Å². The molecule has 0 radical (unpaired) electrons. The number of alkyl carbamates (subject to hydrolysis) is 1. The molecule has 0 spiro atoms. The molecule has 4 N–H and O–H groups in total. The largest absolute Gasteiger partial charge is 0.444 e. The molecule has 0 saturated carbocycles. The summed E-state index contributed by atoms with van der Waals surface area (Å²) in [5, 5.41) is 12.4. The van der Waals surface area contributed by atoms with Gasteiger partial charge in [-0.25, -0.2) is 4.79 Å². The molecule has 0 saturated heterocycles. The summed E-state index contributed by atoms with van der Waals surface area (Å²) >= 11 is 0. The number of amides is 2. The molecule has 0 heterocycles. The summed E-state index contributed by atoms with van der Waals surface area (Å²) in [5.41, 5.74) is 3.66. The molecule has 20 heavy (non-hydrogen) atoms. The maximum atomic E-state index is 11.6. The van der Waals surface area contributed by atoms with Gasteiger partial charge in [0.05, 0.1) is 12.1 Å².